The highest BCUT2D eigenvalue weighted by Crippen LogP contribution is 2.21. The summed E-state index contributed by atoms with van der Waals surface area (Å²) in [6.45, 7) is 8.34. The highest BCUT2D eigenvalue weighted by molar-refractivity contribution is 5.92. The Morgan fingerprint density at radius 1 is 1.21 bits per heavy atom. The molecule has 0 bridgehead atoms. The molecule has 0 aliphatic carbocycles. The fourth-order valence-corrected chi connectivity index (χ4v) is 2.44. The van der Waals surface area contributed by atoms with Crippen LogP contribution in [0.2, 0.25) is 0 Å². The first-order valence-electron chi connectivity index (χ1n) is 8.21. The summed E-state index contributed by atoms with van der Waals surface area (Å²) >= 11 is 0. The number of aromatic nitrogens is 2. The number of carbonyl (C=O) groups is 1. The first-order valence-corrected chi connectivity index (χ1v) is 8.21. The molecule has 24 heavy (non-hydrogen) atoms. The molecule has 2 aromatic rings. The van der Waals surface area contributed by atoms with Gasteiger partial charge >= 0.3 is 5.97 Å². The number of benzene rings is 1. The van der Waals surface area contributed by atoms with Crippen LogP contribution in [0.4, 0.5) is 0 Å². The smallest absolute Gasteiger partial charge is 0.342 e. The van der Waals surface area contributed by atoms with Crippen molar-refractivity contribution in [2.75, 3.05) is 6.61 Å². The lowest BCUT2D eigenvalue weighted by atomic mass is 10.0. The third kappa shape index (κ3) is 4.68. The van der Waals surface area contributed by atoms with Gasteiger partial charge in [0.1, 0.15) is 11.3 Å². The molecule has 0 unspecified atom stereocenters. The van der Waals surface area contributed by atoms with Crippen LogP contribution in [0.15, 0.2) is 30.3 Å². The van der Waals surface area contributed by atoms with Gasteiger partial charge in [-0.2, -0.15) is 5.10 Å². The van der Waals surface area contributed by atoms with Gasteiger partial charge in [0.25, 0.3) is 0 Å². The maximum atomic E-state index is 12.5. The molecule has 130 valence electrons. The molecule has 0 aliphatic rings. The van der Waals surface area contributed by atoms with Crippen molar-refractivity contribution in [3.63, 3.8) is 0 Å². The fraction of sp³-hybridized carbons (Fsp3) is 0.474. The highest BCUT2D eigenvalue weighted by Gasteiger charge is 2.25. The second-order valence-electron chi connectivity index (χ2n) is 6.68. The van der Waals surface area contributed by atoms with E-state index in [1.54, 1.807) is 11.6 Å². The van der Waals surface area contributed by atoms with Gasteiger partial charge in [0, 0.05) is 13.5 Å². The van der Waals surface area contributed by atoms with Crippen molar-refractivity contribution in [1.82, 2.24) is 9.78 Å². The largest absolute Gasteiger partial charge is 0.462 e. The average Bonchev–Trinajstić information content (AvgIpc) is 2.82. The predicted molar refractivity (Wildman–Crippen MR) is 93.0 cm³/mol. The van der Waals surface area contributed by atoms with Crippen molar-refractivity contribution in [2.45, 2.75) is 46.3 Å². The second kappa shape index (κ2) is 7.62. The average molecular weight is 330 g/mol. The zero-order chi connectivity index (χ0) is 17.7. The van der Waals surface area contributed by atoms with Crippen LogP contribution >= 0.6 is 0 Å². The van der Waals surface area contributed by atoms with E-state index in [4.69, 9.17) is 9.47 Å². The van der Waals surface area contributed by atoms with Crippen LogP contribution in [0.3, 0.4) is 0 Å². The molecule has 1 heterocycles. The molecule has 0 atom stereocenters. The van der Waals surface area contributed by atoms with E-state index in [-0.39, 0.29) is 18.2 Å². The molecule has 0 saturated carbocycles. The fourth-order valence-electron chi connectivity index (χ4n) is 2.44. The zero-order valence-corrected chi connectivity index (χ0v) is 15.1. The van der Waals surface area contributed by atoms with Gasteiger partial charge in [-0.15, -0.1) is 0 Å². The zero-order valence-electron chi connectivity index (χ0n) is 15.1. The molecular formula is C19H26N2O3. The van der Waals surface area contributed by atoms with E-state index in [9.17, 15) is 4.79 Å². The van der Waals surface area contributed by atoms with Gasteiger partial charge in [-0.25, -0.2) is 4.79 Å². The Kier molecular flexibility index (Phi) is 5.78. The van der Waals surface area contributed by atoms with E-state index in [1.165, 1.54) is 0 Å². The summed E-state index contributed by atoms with van der Waals surface area (Å²) in [6.07, 6.45) is 0.619. The molecule has 0 fully saturated rings. The molecule has 0 aliphatic heterocycles. The number of hydrogen-bond acceptors (Lipinski definition) is 4. The Hall–Kier alpha value is -2.14. The number of hydrogen-bond donors (Lipinski definition) is 0. The standard InChI is InChI=1S/C19H26N2O3/c1-6-23-18(22)17-15(13-24-19(2,3)4)20-21(5)16(17)12-14-10-8-7-9-11-14/h7-11H,6,12-13H2,1-5H3. The van der Waals surface area contributed by atoms with Crippen LogP contribution in [-0.4, -0.2) is 28.0 Å². The normalized spacial score (nSPS) is 11.5. The minimum Gasteiger partial charge on any atom is -0.462 e. The third-order valence-corrected chi connectivity index (χ3v) is 3.57. The lowest BCUT2D eigenvalue weighted by molar-refractivity contribution is -0.0172. The van der Waals surface area contributed by atoms with E-state index in [0.29, 0.717) is 24.3 Å². The quantitative estimate of drug-likeness (QED) is 0.761. The van der Waals surface area contributed by atoms with Crippen molar-refractivity contribution >= 4 is 5.97 Å². The van der Waals surface area contributed by atoms with Gasteiger partial charge in [-0.1, -0.05) is 30.3 Å². The van der Waals surface area contributed by atoms with Gasteiger partial charge in [0.15, 0.2) is 0 Å². The summed E-state index contributed by atoms with van der Waals surface area (Å²) in [4.78, 5) is 12.5. The molecule has 5 heteroatoms. The molecular weight excluding hydrogens is 304 g/mol. The third-order valence-electron chi connectivity index (χ3n) is 3.57. The number of nitrogens with zero attached hydrogens (tertiary/aromatic N) is 2. The molecule has 0 saturated heterocycles. The molecule has 1 aromatic heterocycles. The lowest BCUT2D eigenvalue weighted by Gasteiger charge is -2.19. The van der Waals surface area contributed by atoms with E-state index in [0.717, 1.165) is 11.3 Å². The summed E-state index contributed by atoms with van der Waals surface area (Å²) in [7, 11) is 1.85. The molecule has 5 nitrogen and oxygen atoms in total. The number of ether oxygens (including phenoxy) is 2. The van der Waals surface area contributed by atoms with Crippen LogP contribution < -0.4 is 0 Å². The summed E-state index contributed by atoms with van der Waals surface area (Å²) < 4.78 is 12.8. The van der Waals surface area contributed by atoms with Gasteiger partial charge in [-0.05, 0) is 33.3 Å². The predicted octanol–water partition coefficient (Wildman–Crippen LogP) is 3.50. The minimum atomic E-state index is -0.343. The molecule has 0 radical (unpaired) electrons. The van der Waals surface area contributed by atoms with Crippen molar-refractivity contribution in [3.05, 3.63) is 52.8 Å². The van der Waals surface area contributed by atoms with Gasteiger partial charge in [-0.3, -0.25) is 4.68 Å². The summed E-state index contributed by atoms with van der Waals surface area (Å²) in [5, 5.41) is 4.50. The highest BCUT2D eigenvalue weighted by atomic mass is 16.5. The topological polar surface area (TPSA) is 53.4 Å². The summed E-state index contributed by atoms with van der Waals surface area (Å²) in [5.74, 6) is -0.343. The van der Waals surface area contributed by atoms with Gasteiger partial charge < -0.3 is 9.47 Å². The SMILES string of the molecule is CCOC(=O)c1c(COC(C)(C)C)nn(C)c1Cc1ccccc1. The number of carbonyl (C=O) groups excluding carboxylic acids is 1. The second-order valence-corrected chi connectivity index (χ2v) is 6.68. The molecule has 0 spiro atoms. The Bertz CT molecular complexity index is 685. The Morgan fingerprint density at radius 3 is 2.46 bits per heavy atom. The van der Waals surface area contributed by atoms with Crippen molar-refractivity contribution < 1.29 is 14.3 Å². The van der Waals surface area contributed by atoms with Crippen molar-refractivity contribution in [1.29, 1.82) is 0 Å². The van der Waals surface area contributed by atoms with Gasteiger partial charge in [0.2, 0.25) is 0 Å². The first-order chi connectivity index (χ1) is 11.3. The number of aryl methyl sites for hydroxylation is 1. The van der Waals surface area contributed by atoms with Crippen LogP contribution in [0.25, 0.3) is 0 Å². The van der Waals surface area contributed by atoms with Crippen LogP contribution in [0, 0.1) is 0 Å². The molecule has 0 amide bonds. The summed E-state index contributed by atoms with van der Waals surface area (Å²) in [5.41, 5.74) is 2.80. The minimum absolute atomic E-state index is 0.278. The van der Waals surface area contributed by atoms with Gasteiger partial charge in [0.05, 0.1) is 24.5 Å². The van der Waals surface area contributed by atoms with Crippen LogP contribution in [-0.2, 0) is 29.5 Å². The van der Waals surface area contributed by atoms with E-state index < -0.39 is 0 Å². The first kappa shape index (κ1) is 18.2. The van der Waals surface area contributed by atoms with Crippen molar-refractivity contribution in [3.8, 4) is 0 Å². The van der Waals surface area contributed by atoms with E-state index in [1.807, 2.05) is 58.2 Å². The maximum Gasteiger partial charge on any atom is 0.342 e. The molecule has 0 N–H and O–H groups in total. The van der Waals surface area contributed by atoms with Crippen LogP contribution in [0.1, 0.15) is 55.0 Å². The van der Waals surface area contributed by atoms with E-state index >= 15 is 0 Å². The van der Waals surface area contributed by atoms with Crippen LogP contribution in [0.5, 0.6) is 0 Å². The van der Waals surface area contributed by atoms with Crippen molar-refractivity contribution in [2.24, 2.45) is 7.05 Å². The Balaban J connectivity index is 2.37. The maximum absolute atomic E-state index is 12.5. The molecule has 2 rings (SSSR count). The lowest BCUT2D eigenvalue weighted by Crippen LogP contribution is -2.20. The Morgan fingerprint density at radius 2 is 1.88 bits per heavy atom. The summed E-state index contributed by atoms with van der Waals surface area (Å²) in [6, 6.07) is 10.0. The van der Waals surface area contributed by atoms with E-state index in [2.05, 4.69) is 5.10 Å². The monoisotopic (exact) mass is 330 g/mol. The number of esters is 1. The Labute approximate surface area is 143 Å². The number of rotatable bonds is 6. The molecule has 1 aromatic carbocycles.